The second kappa shape index (κ2) is 13.5. The molecule has 1 aromatic carbocycles. The van der Waals surface area contributed by atoms with Crippen molar-refractivity contribution in [3.63, 3.8) is 0 Å². The van der Waals surface area contributed by atoms with E-state index in [9.17, 15) is 0 Å². The van der Waals surface area contributed by atoms with Gasteiger partial charge in [-0.1, -0.05) is 69.5 Å². The Labute approximate surface area is 193 Å². The maximum absolute atomic E-state index is 5.89. The molecule has 2 aliphatic rings. The van der Waals surface area contributed by atoms with Crippen LogP contribution in [-0.4, -0.2) is 6.61 Å². The van der Waals surface area contributed by atoms with Crippen molar-refractivity contribution < 1.29 is 4.74 Å². The minimum atomic E-state index is 0.759. The van der Waals surface area contributed by atoms with Gasteiger partial charge in [0.2, 0.25) is 0 Å². The molecule has 2 saturated carbocycles. The van der Waals surface area contributed by atoms with Gasteiger partial charge >= 0.3 is 0 Å². The third-order valence-corrected chi connectivity index (χ3v) is 8.87. The second-order valence-electron chi connectivity index (χ2n) is 10.6. The van der Waals surface area contributed by atoms with Gasteiger partial charge in [0.15, 0.2) is 0 Å². The van der Waals surface area contributed by atoms with Gasteiger partial charge in [-0.25, -0.2) is 0 Å². The molecule has 31 heavy (non-hydrogen) atoms. The molecule has 2 atom stereocenters. The summed E-state index contributed by atoms with van der Waals surface area (Å²) in [6.07, 6.45) is 19.1. The Bertz CT molecular complexity index is 592. The zero-order chi connectivity index (χ0) is 21.9. The Kier molecular flexibility index (Phi) is 10.7. The van der Waals surface area contributed by atoms with E-state index in [1.807, 2.05) is 0 Å². The van der Waals surface area contributed by atoms with Crippen molar-refractivity contribution in [1.82, 2.24) is 0 Å². The first-order valence-electron chi connectivity index (χ1n) is 13.5. The molecule has 0 aromatic heterocycles. The van der Waals surface area contributed by atoms with Gasteiger partial charge in [0.05, 0.1) is 6.61 Å². The molecule has 0 bridgehead atoms. The van der Waals surface area contributed by atoms with E-state index >= 15 is 0 Å². The van der Waals surface area contributed by atoms with Gasteiger partial charge in [0, 0.05) is 6.61 Å². The van der Waals surface area contributed by atoms with Crippen LogP contribution in [-0.2, 0) is 11.3 Å². The highest BCUT2D eigenvalue weighted by molar-refractivity contribution is 5.13. The first kappa shape index (κ1) is 24.6. The van der Waals surface area contributed by atoms with Crippen molar-refractivity contribution >= 4 is 0 Å². The molecule has 0 amide bonds. The van der Waals surface area contributed by atoms with Gasteiger partial charge in [0.25, 0.3) is 0 Å². The van der Waals surface area contributed by atoms with Crippen molar-refractivity contribution in [2.24, 2.45) is 35.5 Å². The zero-order valence-corrected chi connectivity index (χ0v) is 20.4. The summed E-state index contributed by atoms with van der Waals surface area (Å²) in [6, 6.07) is 10.5. The van der Waals surface area contributed by atoms with Crippen LogP contribution in [0.15, 0.2) is 43.0 Å². The fourth-order valence-corrected chi connectivity index (χ4v) is 6.58. The summed E-state index contributed by atoms with van der Waals surface area (Å²) < 4.78 is 5.89. The van der Waals surface area contributed by atoms with Crippen LogP contribution >= 0.6 is 0 Å². The monoisotopic (exact) mass is 424 g/mol. The number of rotatable bonds is 12. The minimum absolute atomic E-state index is 0.759. The highest BCUT2D eigenvalue weighted by atomic mass is 16.5. The summed E-state index contributed by atoms with van der Waals surface area (Å²) in [4.78, 5) is 0. The summed E-state index contributed by atoms with van der Waals surface area (Å²) >= 11 is 0. The summed E-state index contributed by atoms with van der Waals surface area (Å²) in [5.41, 5.74) is 1.29. The molecule has 1 aromatic rings. The molecule has 3 rings (SSSR count). The molecule has 2 fully saturated rings. The molecule has 174 valence electrons. The van der Waals surface area contributed by atoms with Crippen LogP contribution in [0.4, 0.5) is 0 Å². The van der Waals surface area contributed by atoms with E-state index in [1.54, 1.807) is 0 Å². The molecule has 1 nitrogen and oxygen atoms in total. The van der Waals surface area contributed by atoms with Crippen molar-refractivity contribution in [1.29, 1.82) is 0 Å². The Morgan fingerprint density at radius 3 is 2.13 bits per heavy atom. The van der Waals surface area contributed by atoms with Crippen LogP contribution in [0.5, 0.6) is 0 Å². The highest BCUT2D eigenvalue weighted by Gasteiger charge is 2.33. The number of unbranched alkanes of at least 4 members (excludes halogenated alkanes) is 1. The van der Waals surface area contributed by atoms with E-state index in [-0.39, 0.29) is 0 Å². The molecule has 2 aliphatic carbocycles. The topological polar surface area (TPSA) is 9.23 Å². The van der Waals surface area contributed by atoms with Crippen molar-refractivity contribution in [3.8, 4) is 0 Å². The molecule has 1 heteroatoms. The minimum Gasteiger partial charge on any atom is -0.377 e. The average molecular weight is 425 g/mol. The number of benzene rings is 1. The van der Waals surface area contributed by atoms with Crippen LogP contribution in [0, 0.1) is 35.5 Å². The van der Waals surface area contributed by atoms with Crippen LogP contribution in [0.3, 0.4) is 0 Å². The van der Waals surface area contributed by atoms with Gasteiger partial charge in [-0.2, -0.15) is 0 Å². The van der Waals surface area contributed by atoms with Crippen LogP contribution in [0.1, 0.15) is 96.5 Å². The Balaban J connectivity index is 1.30. The maximum atomic E-state index is 5.89. The average Bonchev–Trinajstić information content (AvgIpc) is 2.84. The molecule has 0 aliphatic heterocycles. The molecule has 0 spiro atoms. The van der Waals surface area contributed by atoms with E-state index in [4.69, 9.17) is 4.74 Å². The van der Waals surface area contributed by atoms with Gasteiger partial charge in [-0.05, 0) is 98.9 Å². The predicted octanol–water partition coefficient (Wildman–Crippen LogP) is 8.83. The summed E-state index contributed by atoms with van der Waals surface area (Å²) in [5, 5.41) is 0. The lowest BCUT2D eigenvalue weighted by Gasteiger charge is -2.40. The third kappa shape index (κ3) is 7.77. The van der Waals surface area contributed by atoms with Gasteiger partial charge in [-0.15, -0.1) is 6.58 Å². The van der Waals surface area contributed by atoms with E-state index in [0.717, 1.165) is 48.7 Å². The highest BCUT2D eigenvalue weighted by Crippen LogP contribution is 2.44. The lowest BCUT2D eigenvalue weighted by molar-refractivity contribution is 0.103. The van der Waals surface area contributed by atoms with Crippen LogP contribution in [0.2, 0.25) is 0 Å². The fourth-order valence-electron chi connectivity index (χ4n) is 6.58. The molecule has 0 saturated heterocycles. The third-order valence-electron chi connectivity index (χ3n) is 8.87. The smallest absolute Gasteiger partial charge is 0.0716 e. The second-order valence-corrected chi connectivity index (χ2v) is 10.6. The molecule has 0 heterocycles. The molecule has 2 unspecified atom stereocenters. The lowest BCUT2D eigenvalue weighted by Crippen LogP contribution is -2.29. The Morgan fingerprint density at radius 2 is 1.52 bits per heavy atom. The number of hydrogen-bond acceptors (Lipinski definition) is 1. The first-order valence-corrected chi connectivity index (χ1v) is 13.5. The Hall–Kier alpha value is -1.08. The van der Waals surface area contributed by atoms with E-state index in [0.29, 0.717) is 0 Å². The first-order chi connectivity index (χ1) is 15.2. The van der Waals surface area contributed by atoms with E-state index < -0.39 is 0 Å². The standard InChI is InChI=1S/C30H48O/c1-4-25-14-16-28(17-15-25)24(3)29-18-20-30(21-19-29)27(5-2)13-9-10-22-31-23-26-11-7-6-8-12-26/h4,6-8,11-12,24-25,27-30H,1,5,9-10,13-23H2,2-3H3. The summed E-state index contributed by atoms with van der Waals surface area (Å²) in [7, 11) is 0. The molecular formula is C30H48O. The van der Waals surface area contributed by atoms with Crippen molar-refractivity contribution in [3.05, 3.63) is 48.6 Å². The SMILES string of the molecule is C=CC1CCC(C(C)C2CCC(C(CC)CCCCOCc3ccccc3)CC2)CC1. The Morgan fingerprint density at radius 1 is 0.903 bits per heavy atom. The predicted molar refractivity (Wildman–Crippen MR) is 134 cm³/mol. The van der Waals surface area contributed by atoms with Gasteiger partial charge in [-0.3, -0.25) is 0 Å². The summed E-state index contributed by atoms with van der Waals surface area (Å²) in [5.74, 6) is 5.63. The molecule has 0 N–H and O–H groups in total. The van der Waals surface area contributed by atoms with Gasteiger partial charge in [0.1, 0.15) is 0 Å². The van der Waals surface area contributed by atoms with E-state index in [1.165, 1.54) is 82.6 Å². The zero-order valence-electron chi connectivity index (χ0n) is 20.4. The van der Waals surface area contributed by atoms with Crippen LogP contribution in [0.25, 0.3) is 0 Å². The quantitative estimate of drug-likeness (QED) is 0.240. The molecular weight excluding hydrogens is 376 g/mol. The maximum Gasteiger partial charge on any atom is 0.0716 e. The van der Waals surface area contributed by atoms with Gasteiger partial charge < -0.3 is 4.74 Å². The van der Waals surface area contributed by atoms with E-state index in [2.05, 4.69) is 56.8 Å². The fraction of sp³-hybridized carbons (Fsp3) is 0.733. The van der Waals surface area contributed by atoms with Crippen molar-refractivity contribution in [2.45, 2.75) is 97.5 Å². The number of allylic oxidation sites excluding steroid dienone is 1. The number of hydrogen-bond donors (Lipinski definition) is 0. The molecule has 0 radical (unpaired) electrons. The lowest BCUT2D eigenvalue weighted by atomic mass is 9.65. The summed E-state index contributed by atoms with van der Waals surface area (Å²) in [6.45, 7) is 10.7. The largest absolute Gasteiger partial charge is 0.377 e. The number of ether oxygens (including phenoxy) is 1. The van der Waals surface area contributed by atoms with Crippen molar-refractivity contribution in [2.75, 3.05) is 6.61 Å². The normalized spacial score (nSPS) is 28.7. The van der Waals surface area contributed by atoms with Crippen LogP contribution < -0.4 is 0 Å².